The van der Waals surface area contributed by atoms with Gasteiger partial charge in [0, 0.05) is 6.54 Å². The first-order valence-electron chi connectivity index (χ1n) is 15.0. The summed E-state index contributed by atoms with van der Waals surface area (Å²) in [6.45, 7) is 7.58. The van der Waals surface area contributed by atoms with Crippen LogP contribution in [-0.4, -0.2) is 71.3 Å². The van der Waals surface area contributed by atoms with Gasteiger partial charge in [-0.3, -0.25) is 14.4 Å². The van der Waals surface area contributed by atoms with E-state index in [1.807, 2.05) is 36.4 Å². The lowest BCUT2D eigenvalue weighted by Gasteiger charge is -2.39. The number of hydrogen-bond donors (Lipinski definition) is 1. The van der Waals surface area contributed by atoms with Crippen LogP contribution in [0.3, 0.4) is 0 Å². The summed E-state index contributed by atoms with van der Waals surface area (Å²) in [6.07, 6.45) is 6.53. The standard InChI is InChI=1S/C34H39ClN2O6/c1-3-5-6-12-20-42-33(41)28-27-17-18-34(43-27)29(28)31(39)37(24(22-38)21-23-13-8-7-9-14-23)30(34)32(40)36(19-4-2)26-16-11-10-15-25(26)35/h3-4,7-11,13-16,24,27-30,38H,1-2,5-6,12,17-22H2/t24-,27+,28-,29+,30?,34?/m1/s1. The van der Waals surface area contributed by atoms with Gasteiger partial charge in [-0.05, 0) is 56.2 Å². The molecular formula is C34H39ClN2O6. The molecule has 2 unspecified atom stereocenters. The van der Waals surface area contributed by atoms with Crippen molar-refractivity contribution in [1.82, 2.24) is 4.90 Å². The van der Waals surface area contributed by atoms with Crippen molar-refractivity contribution in [3.63, 3.8) is 0 Å². The van der Waals surface area contributed by atoms with E-state index in [9.17, 15) is 19.5 Å². The number of benzene rings is 2. The number of anilines is 1. The fraction of sp³-hybridized carbons (Fsp3) is 0.441. The highest BCUT2D eigenvalue weighted by Crippen LogP contribution is 2.59. The van der Waals surface area contributed by atoms with Gasteiger partial charge in [-0.1, -0.05) is 66.2 Å². The highest BCUT2D eigenvalue weighted by molar-refractivity contribution is 6.34. The Morgan fingerprint density at radius 3 is 2.58 bits per heavy atom. The third-order valence-corrected chi connectivity index (χ3v) is 9.25. The number of unbranched alkanes of at least 4 members (excludes halogenated alkanes) is 2. The summed E-state index contributed by atoms with van der Waals surface area (Å²) in [5.74, 6) is -2.97. The van der Waals surface area contributed by atoms with Crippen LogP contribution in [-0.2, 0) is 30.3 Å². The predicted octanol–water partition coefficient (Wildman–Crippen LogP) is 4.74. The summed E-state index contributed by atoms with van der Waals surface area (Å²) in [5, 5.41) is 11.0. The molecule has 1 spiro atoms. The number of nitrogens with zero attached hydrogens (tertiary/aromatic N) is 2. The fourth-order valence-corrected chi connectivity index (χ4v) is 7.32. The first kappa shape index (κ1) is 31.0. The minimum Gasteiger partial charge on any atom is -0.465 e. The molecule has 3 aliphatic heterocycles. The monoisotopic (exact) mass is 606 g/mol. The lowest BCUT2D eigenvalue weighted by molar-refractivity contribution is -0.156. The van der Waals surface area contributed by atoms with E-state index in [4.69, 9.17) is 21.1 Å². The molecule has 8 nitrogen and oxygen atoms in total. The highest BCUT2D eigenvalue weighted by Gasteiger charge is 2.75. The van der Waals surface area contributed by atoms with E-state index in [-0.39, 0.29) is 25.7 Å². The third kappa shape index (κ3) is 5.76. The minimum atomic E-state index is -1.24. The Kier molecular flexibility index (Phi) is 9.69. The number of hydrogen-bond acceptors (Lipinski definition) is 6. The number of ether oxygens (including phenoxy) is 2. The highest BCUT2D eigenvalue weighted by atomic mass is 35.5. The second-order valence-corrected chi connectivity index (χ2v) is 11.9. The van der Waals surface area contributed by atoms with Gasteiger partial charge in [-0.15, -0.1) is 13.2 Å². The molecule has 3 heterocycles. The molecule has 5 rings (SSSR count). The van der Waals surface area contributed by atoms with E-state index in [2.05, 4.69) is 13.2 Å². The van der Waals surface area contributed by atoms with Crippen LogP contribution in [0.25, 0.3) is 0 Å². The summed E-state index contributed by atoms with van der Waals surface area (Å²) >= 11 is 6.55. The van der Waals surface area contributed by atoms with Gasteiger partial charge in [-0.2, -0.15) is 0 Å². The van der Waals surface area contributed by atoms with Crippen LogP contribution in [0.1, 0.15) is 37.7 Å². The van der Waals surface area contributed by atoms with E-state index >= 15 is 0 Å². The zero-order valence-electron chi connectivity index (χ0n) is 24.3. The molecule has 2 aromatic carbocycles. The number of esters is 1. The van der Waals surface area contributed by atoms with Crippen LogP contribution in [0.4, 0.5) is 5.69 Å². The SMILES string of the molecule is C=CCCCCOC(=O)[C@@H]1[C@@H]2CCC3(O2)C(C(=O)N(CC=C)c2ccccc2Cl)N([C@@H](CO)Cc2ccccc2)C(=O)[C@H]13. The zero-order chi connectivity index (χ0) is 30.6. The van der Waals surface area contributed by atoms with E-state index in [1.165, 1.54) is 9.80 Å². The first-order valence-corrected chi connectivity index (χ1v) is 15.3. The molecule has 0 aliphatic carbocycles. The summed E-state index contributed by atoms with van der Waals surface area (Å²) in [7, 11) is 0. The molecular weight excluding hydrogens is 568 g/mol. The van der Waals surface area contributed by atoms with Gasteiger partial charge in [0.1, 0.15) is 11.6 Å². The van der Waals surface area contributed by atoms with Gasteiger partial charge in [0.05, 0.1) is 47.9 Å². The van der Waals surface area contributed by atoms with Gasteiger partial charge >= 0.3 is 5.97 Å². The number of likely N-dealkylation sites (tertiary alicyclic amines) is 1. The van der Waals surface area contributed by atoms with Crippen molar-refractivity contribution >= 4 is 35.1 Å². The maximum Gasteiger partial charge on any atom is 0.312 e. The molecule has 228 valence electrons. The number of carbonyl (C=O) groups excluding carboxylic acids is 3. The second kappa shape index (κ2) is 13.5. The third-order valence-electron chi connectivity index (χ3n) is 8.93. The van der Waals surface area contributed by atoms with Gasteiger partial charge in [0.25, 0.3) is 5.91 Å². The van der Waals surface area contributed by atoms with Crippen LogP contribution in [0.15, 0.2) is 79.9 Å². The van der Waals surface area contributed by atoms with E-state index < -0.39 is 47.5 Å². The number of para-hydroxylation sites is 1. The van der Waals surface area contributed by atoms with Crippen molar-refractivity contribution in [2.24, 2.45) is 11.8 Å². The second-order valence-electron chi connectivity index (χ2n) is 11.5. The quantitative estimate of drug-likeness (QED) is 0.190. The van der Waals surface area contributed by atoms with Gasteiger partial charge < -0.3 is 24.4 Å². The molecule has 3 saturated heterocycles. The Bertz CT molecular complexity index is 1350. The maximum absolute atomic E-state index is 14.7. The zero-order valence-corrected chi connectivity index (χ0v) is 25.0. The molecule has 1 N–H and O–H groups in total. The topological polar surface area (TPSA) is 96.4 Å². The summed E-state index contributed by atoms with van der Waals surface area (Å²) < 4.78 is 12.2. The molecule has 2 bridgehead atoms. The number of amides is 2. The number of rotatable bonds is 14. The van der Waals surface area contributed by atoms with E-state index in [1.54, 1.807) is 30.3 Å². The summed E-state index contributed by atoms with van der Waals surface area (Å²) in [6, 6.07) is 14.7. The summed E-state index contributed by atoms with van der Waals surface area (Å²) in [4.78, 5) is 45.7. The average molecular weight is 607 g/mol. The molecule has 3 fully saturated rings. The van der Waals surface area contributed by atoms with Crippen LogP contribution in [0, 0.1) is 11.8 Å². The van der Waals surface area contributed by atoms with Crippen LogP contribution >= 0.6 is 11.6 Å². The molecule has 6 atom stereocenters. The Hall–Kier alpha value is -3.46. The number of allylic oxidation sites excluding steroid dienone is 1. The number of aliphatic hydroxyl groups excluding tert-OH is 1. The van der Waals surface area contributed by atoms with E-state index in [0.29, 0.717) is 36.4 Å². The van der Waals surface area contributed by atoms with Gasteiger partial charge in [0.2, 0.25) is 5.91 Å². The van der Waals surface area contributed by atoms with Crippen LogP contribution in [0.5, 0.6) is 0 Å². The smallest absolute Gasteiger partial charge is 0.312 e. The Balaban J connectivity index is 1.53. The predicted molar refractivity (Wildman–Crippen MR) is 164 cm³/mol. The fourth-order valence-electron chi connectivity index (χ4n) is 7.08. The lowest BCUT2D eigenvalue weighted by Crippen LogP contribution is -2.59. The minimum absolute atomic E-state index is 0.143. The molecule has 2 amide bonds. The van der Waals surface area contributed by atoms with Crippen molar-refractivity contribution in [3.05, 3.63) is 90.5 Å². The van der Waals surface area contributed by atoms with Crippen molar-refractivity contribution in [2.45, 2.75) is 62.3 Å². The molecule has 3 aliphatic rings. The lowest BCUT2D eigenvalue weighted by atomic mass is 9.70. The van der Waals surface area contributed by atoms with Gasteiger partial charge in [0.15, 0.2) is 0 Å². The normalized spacial score (nSPS) is 26.2. The first-order chi connectivity index (χ1) is 20.9. The van der Waals surface area contributed by atoms with Crippen LogP contribution < -0.4 is 4.90 Å². The average Bonchev–Trinajstić information content (AvgIpc) is 3.66. The molecule has 0 saturated carbocycles. The molecule has 2 aromatic rings. The van der Waals surface area contributed by atoms with Crippen molar-refractivity contribution in [3.8, 4) is 0 Å². The molecule has 0 radical (unpaired) electrons. The Labute approximate surface area is 257 Å². The largest absolute Gasteiger partial charge is 0.465 e. The van der Waals surface area contributed by atoms with Gasteiger partial charge in [-0.25, -0.2) is 0 Å². The molecule has 0 aromatic heterocycles. The van der Waals surface area contributed by atoms with Crippen molar-refractivity contribution < 1.29 is 29.0 Å². The molecule has 43 heavy (non-hydrogen) atoms. The molecule has 9 heteroatoms. The van der Waals surface area contributed by atoms with Crippen molar-refractivity contribution in [1.29, 1.82) is 0 Å². The maximum atomic E-state index is 14.7. The van der Waals surface area contributed by atoms with Crippen LogP contribution in [0.2, 0.25) is 5.02 Å². The summed E-state index contributed by atoms with van der Waals surface area (Å²) in [5.41, 5.74) is 0.147. The number of aliphatic hydroxyl groups is 1. The van der Waals surface area contributed by atoms with Crippen molar-refractivity contribution in [2.75, 3.05) is 24.7 Å². The number of fused-ring (bicyclic) bond motifs is 1. The number of halogens is 1. The number of carbonyl (C=O) groups is 3. The van der Waals surface area contributed by atoms with E-state index in [0.717, 1.165) is 18.4 Å². The Morgan fingerprint density at radius 1 is 1.14 bits per heavy atom. The Morgan fingerprint density at radius 2 is 1.88 bits per heavy atom.